The highest BCUT2D eigenvalue weighted by molar-refractivity contribution is 5.85. The number of fused-ring (bicyclic) bond motifs is 2. The SMILES string of the molecule is Cc1n[nH]c2ccc(-c3nncc([N+]45CCCCC4CNCC5)n3)cc12. The molecule has 134 valence electrons. The number of aromatic amines is 1. The molecular weight excluding hydrogens is 326 g/mol. The van der Waals surface area contributed by atoms with Crippen LogP contribution < -0.4 is 9.80 Å². The van der Waals surface area contributed by atoms with Crippen molar-refractivity contribution in [1.82, 2.24) is 35.2 Å². The van der Waals surface area contributed by atoms with Gasteiger partial charge in [-0.15, -0.1) is 10.2 Å². The van der Waals surface area contributed by atoms with E-state index in [1.165, 1.54) is 19.3 Å². The van der Waals surface area contributed by atoms with Crippen LogP contribution in [0.25, 0.3) is 22.3 Å². The number of piperidine rings is 1. The van der Waals surface area contributed by atoms with E-state index in [4.69, 9.17) is 4.98 Å². The zero-order valence-corrected chi connectivity index (χ0v) is 15.1. The molecule has 2 saturated heterocycles. The number of quaternary nitrogens is 1. The van der Waals surface area contributed by atoms with E-state index < -0.39 is 0 Å². The number of nitrogens with one attached hydrogen (secondary N) is 2. The predicted molar refractivity (Wildman–Crippen MR) is 102 cm³/mol. The Morgan fingerprint density at radius 3 is 3.12 bits per heavy atom. The number of hydrogen-bond donors (Lipinski definition) is 2. The van der Waals surface area contributed by atoms with Crippen LogP contribution in [-0.2, 0) is 0 Å². The van der Waals surface area contributed by atoms with Gasteiger partial charge in [-0.3, -0.25) is 9.58 Å². The molecule has 2 aromatic heterocycles. The van der Waals surface area contributed by atoms with Crippen LogP contribution >= 0.6 is 0 Å². The number of rotatable bonds is 2. The smallest absolute Gasteiger partial charge is 0.250 e. The highest BCUT2D eigenvalue weighted by atomic mass is 15.5. The molecule has 7 nitrogen and oxygen atoms in total. The third-order valence-corrected chi connectivity index (χ3v) is 6.13. The number of hydrogen-bond acceptors (Lipinski definition) is 5. The number of benzene rings is 1. The zero-order valence-electron chi connectivity index (χ0n) is 15.1. The van der Waals surface area contributed by atoms with Gasteiger partial charge in [-0.05, 0) is 38.0 Å². The van der Waals surface area contributed by atoms with Crippen LogP contribution in [0.2, 0.25) is 0 Å². The summed E-state index contributed by atoms with van der Waals surface area (Å²) < 4.78 is 0.961. The van der Waals surface area contributed by atoms with Gasteiger partial charge in [0, 0.05) is 30.5 Å². The zero-order chi connectivity index (χ0) is 17.6. The van der Waals surface area contributed by atoms with E-state index in [9.17, 15) is 0 Å². The normalized spacial score (nSPS) is 26.0. The van der Waals surface area contributed by atoms with Gasteiger partial charge in [-0.1, -0.05) is 0 Å². The summed E-state index contributed by atoms with van der Waals surface area (Å²) in [5.41, 5.74) is 3.03. The summed E-state index contributed by atoms with van der Waals surface area (Å²) >= 11 is 0. The van der Waals surface area contributed by atoms with Crippen LogP contribution in [0, 0.1) is 6.92 Å². The Labute approximate surface area is 152 Å². The first-order valence-electron chi connectivity index (χ1n) is 9.49. The lowest BCUT2D eigenvalue weighted by atomic mass is 9.96. The standard InChI is InChI=1S/C19H24N7/c1-13-16-10-14(5-6-17(16)24-23-13)19-22-18(12-21-25-19)26-8-3-2-4-15(26)11-20-7-9-26/h5-6,10,12,15,20H,2-4,7-9,11H2,1H3,(H,23,24)/q+1. The first-order valence-corrected chi connectivity index (χ1v) is 9.49. The fraction of sp³-hybridized carbons (Fsp3) is 0.474. The van der Waals surface area contributed by atoms with Crippen molar-refractivity contribution in [2.75, 3.05) is 26.2 Å². The molecule has 2 fully saturated rings. The van der Waals surface area contributed by atoms with Crippen molar-refractivity contribution in [3.63, 3.8) is 0 Å². The van der Waals surface area contributed by atoms with Crippen molar-refractivity contribution < 1.29 is 0 Å². The van der Waals surface area contributed by atoms with Gasteiger partial charge < -0.3 is 5.32 Å². The minimum atomic E-state index is 0.598. The third-order valence-electron chi connectivity index (χ3n) is 6.13. The Kier molecular flexibility index (Phi) is 3.72. The van der Waals surface area contributed by atoms with Crippen LogP contribution in [-0.4, -0.2) is 57.6 Å². The molecule has 2 aliphatic rings. The molecule has 2 aliphatic heterocycles. The van der Waals surface area contributed by atoms with Crippen LogP contribution in [0.15, 0.2) is 24.4 Å². The molecule has 2 N–H and O–H groups in total. The molecule has 0 bridgehead atoms. The van der Waals surface area contributed by atoms with Gasteiger partial charge in [0.25, 0.3) is 5.82 Å². The molecule has 0 spiro atoms. The molecule has 0 aliphatic carbocycles. The molecule has 0 radical (unpaired) electrons. The lowest BCUT2D eigenvalue weighted by Crippen LogP contribution is -2.68. The Morgan fingerprint density at radius 1 is 1.19 bits per heavy atom. The number of aromatic nitrogens is 5. The lowest BCUT2D eigenvalue weighted by molar-refractivity contribution is 0.119. The molecule has 0 saturated carbocycles. The Bertz CT molecular complexity index is 936. The van der Waals surface area contributed by atoms with Gasteiger partial charge in [0.1, 0.15) is 12.2 Å². The Hall–Kier alpha value is -2.38. The number of aryl methyl sites for hydroxylation is 1. The summed E-state index contributed by atoms with van der Waals surface area (Å²) in [4.78, 5) is 5.00. The van der Waals surface area contributed by atoms with Crippen molar-refractivity contribution in [1.29, 1.82) is 0 Å². The first-order chi connectivity index (χ1) is 12.8. The average molecular weight is 350 g/mol. The molecule has 5 rings (SSSR count). The fourth-order valence-corrected chi connectivity index (χ4v) is 4.65. The van der Waals surface area contributed by atoms with Gasteiger partial charge in [-0.2, -0.15) is 10.1 Å². The van der Waals surface area contributed by atoms with E-state index in [2.05, 4.69) is 31.8 Å². The fourth-order valence-electron chi connectivity index (χ4n) is 4.65. The summed E-state index contributed by atoms with van der Waals surface area (Å²) in [5.74, 6) is 1.78. The minimum absolute atomic E-state index is 0.598. The van der Waals surface area contributed by atoms with Crippen molar-refractivity contribution >= 4 is 16.7 Å². The van der Waals surface area contributed by atoms with E-state index in [0.29, 0.717) is 11.9 Å². The van der Waals surface area contributed by atoms with Crippen LogP contribution in [0.3, 0.4) is 0 Å². The third kappa shape index (κ3) is 2.42. The summed E-state index contributed by atoms with van der Waals surface area (Å²) in [6, 6.07) is 6.80. The molecule has 3 aromatic rings. The molecule has 0 amide bonds. The maximum Gasteiger partial charge on any atom is 0.250 e. The van der Waals surface area contributed by atoms with E-state index in [1.54, 1.807) is 0 Å². The van der Waals surface area contributed by atoms with Crippen molar-refractivity contribution in [2.45, 2.75) is 32.2 Å². The van der Waals surface area contributed by atoms with Crippen molar-refractivity contribution in [3.8, 4) is 11.4 Å². The molecule has 26 heavy (non-hydrogen) atoms. The molecule has 1 aromatic carbocycles. The van der Waals surface area contributed by atoms with Gasteiger partial charge in [0.15, 0.2) is 5.82 Å². The summed E-state index contributed by atoms with van der Waals surface area (Å²) in [5, 5.41) is 20.7. The Balaban J connectivity index is 1.58. The molecule has 2 unspecified atom stereocenters. The highest BCUT2D eigenvalue weighted by Crippen LogP contribution is 2.33. The summed E-state index contributed by atoms with van der Waals surface area (Å²) in [7, 11) is 0. The van der Waals surface area contributed by atoms with Gasteiger partial charge in [0.05, 0.1) is 24.3 Å². The van der Waals surface area contributed by atoms with Gasteiger partial charge >= 0.3 is 0 Å². The topological polar surface area (TPSA) is 79.4 Å². The quantitative estimate of drug-likeness (QED) is 0.693. The van der Waals surface area contributed by atoms with E-state index in [1.807, 2.05) is 25.3 Å². The van der Waals surface area contributed by atoms with E-state index >= 15 is 0 Å². The van der Waals surface area contributed by atoms with Crippen LogP contribution in [0.5, 0.6) is 0 Å². The first kappa shape index (κ1) is 15.8. The number of nitrogens with zero attached hydrogens (tertiary/aromatic N) is 5. The van der Waals surface area contributed by atoms with Crippen molar-refractivity contribution in [3.05, 3.63) is 30.1 Å². The lowest BCUT2D eigenvalue weighted by Gasteiger charge is -2.48. The Morgan fingerprint density at radius 2 is 2.15 bits per heavy atom. The predicted octanol–water partition coefficient (Wildman–Crippen LogP) is 2.19. The summed E-state index contributed by atoms with van der Waals surface area (Å²) in [6.45, 7) is 6.36. The molecule has 4 heterocycles. The highest BCUT2D eigenvalue weighted by Gasteiger charge is 2.44. The molecule has 7 heteroatoms. The average Bonchev–Trinajstić information content (AvgIpc) is 3.08. The molecular formula is C19H24N7+. The second-order valence-corrected chi connectivity index (χ2v) is 7.54. The second-order valence-electron chi connectivity index (χ2n) is 7.54. The maximum absolute atomic E-state index is 5.00. The minimum Gasteiger partial charge on any atom is -0.306 e. The van der Waals surface area contributed by atoms with Gasteiger partial charge in [-0.25, -0.2) is 0 Å². The number of piperazine rings is 1. The largest absolute Gasteiger partial charge is 0.306 e. The molecule has 2 atom stereocenters. The second kappa shape index (κ2) is 6.10. The van der Waals surface area contributed by atoms with E-state index in [-0.39, 0.29) is 0 Å². The van der Waals surface area contributed by atoms with Crippen molar-refractivity contribution in [2.24, 2.45) is 0 Å². The number of H-pyrrole nitrogens is 1. The van der Waals surface area contributed by atoms with Crippen LogP contribution in [0.4, 0.5) is 5.82 Å². The summed E-state index contributed by atoms with van der Waals surface area (Å²) in [6.07, 6.45) is 5.71. The van der Waals surface area contributed by atoms with Gasteiger partial charge in [0.2, 0.25) is 0 Å². The van der Waals surface area contributed by atoms with E-state index in [0.717, 1.165) is 58.6 Å². The maximum atomic E-state index is 5.00. The monoisotopic (exact) mass is 350 g/mol. The van der Waals surface area contributed by atoms with Crippen LogP contribution in [0.1, 0.15) is 25.0 Å².